The molecule has 3 unspecified atom stereocenters. The molecule has 6 rings (SSSR count). The molecule has 2 N–H and O–H groups in total. The first-order valence-corrected chi connectivity index (χ1v) is 14.8. The minimum atomic E-state index is -1.18. The molecule has 9 heteroatoms. The van der Waals surface area contributed by atoms with E-state index in [-0.39, 0.29) is 23.8 Å². The largest absolute Gasteiger partial charge is 0.359 e. The van der Waals surface area contributed by atoms with Gasteiger partial charge in [-0.2, -0.15) is 0 Å². The van der Waals surface area contributed by atoms with Crippen molar-refractivity contribution in [2.24, 2.45) is 11.8 Å². The Hall–Kier alpha value is -2.68. The zero-order chi connectivity index (χ0) is 27.1. The van der Waals surface area contributed by atoms with Crippen molar-refractivity contribution >= 4 is 50.9 Å². The molecule has 2 aromatic carbocycles. The van der Waals surface area contributed by atoms with Crippen molar-refractivity contribution in [3.63, 3.8) is 0 Å². The number of benzene rings is 2. The van der Waals surface area contributed by atoms with Crippen LogP contribution in [-0.2, 0) is 25.5 Å². The SMILES string of the molecule is O=C(Nc1ccc(Br)cc1)C1[C@@H]2C=CC3(O2)C(C(=O)NC2CCCCC2)N(CCc2ccccc2Cl)C(=O)[C@H]13. The molecule has 39 heavy (non-hydrogen) atoms. The zero-order valence-corrected chi connectivity index (χ0v) is 23.8. The average Bonchev–Trinajstić information content (AvgIpc) is 3.57. The van der Waals surface area contributed by atoms with E-state index in [4.69, 9.17) is 16.3 Å². The van der Waals surface area contributed by atoms with Gasteiger partial charge in [-0.05, 0) is 55.2 Å². The maximum atomic E-state index is 14.1. The van der Waals surface area contributed by atoms with Crippen molar-refractivity contribution in [1.29, 1.82) is 0 Å². The van der Waals surface area contributed by atoms with Gasteiger partial charge in [0.15, 0.2) is 0 Å². The van der Waals surface area contributed by atoms with E-state index in [9.17, 15) is 14.4 Å². The van der Waals surface area contributed by atoms with Gasteiger partial charge in [0.05, 0.1) is 17.9 Å². The van der Waals surface area contributed by atoms with Crippen LogP contribution in [0.1, 0.15) is 37.7 Å². The first-order valence-electron chi connectivity index (χ1n) is 13.7. The lowest BCUT2D eigenvalue weighted by atomic mass is 9.74. The van der Waals surface area contributed by atoms with E-state index < -0.39 is 29.6 Å². The Kier molecular flexibility index (Phi) is 7.29. The van der Waals surface area contributed by atoms with Crippen LogP contribution < -0.4 is 10.6 Å². The summed E-state index contributed by atoms with van der Waals surface area (Å²) in [5.41, 5.74) is 0.359. The third-order valence-corrected chi connectivity index (χ3v) is 9.47. The van der Waals surface area contributed by atoms with Crippen LogP contribution in [0.15, 0.2) is 65.2 Å². The highest BCUT2D eigenvalue weighted by Crippen LogP contribution is 2.55. The second-order valence-corrected chi connectivity index (χ2v) is 12.2. The van der Waals surface area contributed by atoms with Crippen molar-refractivity contribution in [1.82, 2.24) is 10.2 Å². The molecule has 0 radical (unpaired) electrons. The quantitative estimate of drug-likeness (QED) is 0.437. The number of amides is 3. The van der Waals surface area contributed by atoms with Crippen LogP contribution in [0.5, 0.6) is 0 Å². The fourth-order valence-corrected chi connectivity index (χ4v) is 7.23. The van der Waals surface area contributed by atoms with E-state index in [2.05, 4.69) is 26.6 Å². The van der Waals surface area contributed by atoms with Gasteiger partial charge in [0.1, 0.15) is 11.6 Å². The van der Waals surface area contributed by atoms with Crippen LogP contribution in [0.4, 0.5) is 5.69 Å². The van der Waals surface area contributed by atoms with E-state index >= 15 is 0 Å². The van der Waals surface area contributed by atoms with Gasteiger partial charge in [-0.3, -0.25) is 14.4 Å². The van der Waals surface area contributed by atoms with Gasteiger partial charge in [0, 0.05) is 27.8 Å². The van der Waals surface area contributed by atoms with Crippen molar-refractivity contribution in [2.75, 3.05) is 11.9 Å². The molecule has 1 spiro atoms. The van der Waals surface area contributed by atoms with Crippen LogP contribution in [0.2, 0.25) is 5.02 Å². The van der Waals surface area contributed by atoms with Crippen LogP contribution in [0.3, 0.4) is 0 Å². The Morgan fingerprint density at radius 3 is 2.54 bits per heavy atom. The van der Waals surface area contributed by atoms with Crippen molar-refractivity contribution in [3.05, 3.63) is 75.7 Å². The highest BCUT2D eigenvalue weighted by Gasteiger charge is 2.72. The summed E-state index contributed by atoms with van der Waals surface area (Å²) in [4.78, 5) is 43.2. The molecule has 204 valence electrons. The maximum absolute atomic E-state index is 14.1. The third-order valence-electron chi connectivity index (χ3n) is 8.57. The summed E-state index contributed by atoms with van der Waals surface area (Å²) in [6, 6.07) is 14.0. The second-order valence-electron chi connectivity index (χ2n) is 10.9. The highest BCUT2D eigenvalue weighted by atomic mass is 79.9. The predicted octanol–water partition coefficient (Wildman–Crippen LogP) is 4.88. The highest BCUT2D eigenvalue weighted by molar-refractivity contribution is 9.10. The summed E-state index contributed by atoms with van der Waals surface area (Å²) in [7, 11) is 0. The van der Waals surface area contributed by atoms with Crippen LogP contribution in [0.25, 0.3) is 0 Å². The molecule has 2 saturated heterocycles. The third kappa shape index (κ3) is 4.81. The molecule has 3 aliphatic heterocycles. The standard InChI is InChI=1S/C30H31BrClN3O4/c31-19-10-12-21(13-11-19)33-27(36)24-23-14-16-30(39-23)25(24)29(38)35(17-15-18-6-4-5-9-22(18)32)26(30)28(37)34-20-7-2-1-3-8-20/h4-6,9-14,16,20,23-26H,1-3,7-8,15,17H2,(H,33,36)(H,34,37)/t23-,24?,25-,26?,30?/m0/s1. The number of carbonyl (C=O) groups excluding carboxylic acids is 3. The lowest BCUT2D eigenvalue weighted by molar-refractivity contribution is -0.141. The molecule has 2 bridgehead atoms. The second kappa shape index (κ2) is 10.7. The van der Waals surface area contributed by atoms with E-state index in [0.29, 0.717) is 23.7 Å². The van der Waals surface area contributed by atoms with Gasteiger partial charge in [-0.15, -0.1) is 0 Å². The van der Waals surface area contributed by atoms with Gasteiger partial charge < -0.3 is 20.3 Å². The molecule has 3 fully saturated rings. The zero-order valence-electron chi connectivity index (χ0n) is 21.4. The van der Waals surface area contributed by atoms with Gasteiger partial charge >= 0.3 is 0 Å². The van der Waals surface area contributed by atoms with E-state index in [1.54, 1.807) is 17.0 Å². The average molecular weight is 613 g/mol. The van der Waals surface area contributed by atoms with Crippen molar-refractivity contribution in [3.8, 4) is 0 Å². The number of hydrogen-bond acceptors (Lipinski definition) is 4. The summed E-state index contributed by atoms with van der Waals surface area (Å²) in [6.07, 6.45) is 8.81. The lowest BCUT2D eigenvalue weighted by Crippen LogP contribution is -2.56. The summed E-state index contributed by atoms with van der Waals surface area (Å²) in [5, 5.41) is 6.80. The van der Waals surface area contributed by atoms with E-state index in [1.807, 2.05) is 48.6 Å². The minimum Gasteiger partial charge on any atom is -0.359 e. The molecule has 1 saturated carbocycles. The smallest absolute Gasteiger partial charge is 0.246 e. The first kappa shape index (κ1) is 26.5. The normalized spacial score (nSPS) is 29.5. The molecule has 5 atom stereocenters. The van der Waals surface area contributed by atoms with Gasteiger partial charge in [-0.1, -0.05) is 77.1 Å². The summed E-state index contributed by atoms with van der Waals surface area (Å²) in [5.74, 6) is -2.24. The van der Waals surface area contributed by atoms with E-state index in [0.717, 1.165) is 35.7 Å². The topological polar surface area (TPSA) is 87.7 Å². The van der Waals surface area contributed by atoms with Gasteiger partial charge in [-0.25, -0.2) is 0 Å². The predicted molar refractivity (Wildman–Crippen MR) is 152 cm³/mol. The van der Waals surface area contributed by atoms with E-state index in [1.165, 1.54) is 6.42 Å². The van der Waals surface area contributed by atoms with Gasteiger partial charge in [0.25, 0.3) is 0 Å². The number of rotatable bonds is 7. The van der Waals surface area contributed by atoms with Crippen LogP contribution >= 0.6 is 27.5 Å². The summed E-state index contributed by atoms with van der Waals surface area (Å²) in [6.45, 7) is 0.298. The monoisotopic (exact) mass is 611 g/mol. The van der Waals surface area contributed by atoms with Crippen molar-refractivity contribution < 1.29 is 19.1 Å². The maximum Gasteiger partial charge on any atom is 0.246 e. The number of fused-ring (bicyclic) bond motifs is 1. The lowest BCUT2D eigenvalue weighted by Gasteiger charge is -2.34. The Morgan fingerprint density at radius 1 is 1.05 bits per heavy atom. The number of carbonyl (C=O) groups is 3. The molecule has 4 aliphatic rings. The number of nitrogens with zero attached hydrogens (tertiary/aromatic N) is 1. The number of halogens is 2. The summed E-state index contributed by atoms with van der Waals surface area (Å²) < 4.78 is 7.35. The molecule has 7 nitrogen and oxygen atoms in total. The number of hydrogen-bond donors (Lipinski definition) is 2. The van der Waals surface area contributed by atoms with Crippen LogP contribution in [-0.4, -0.2) is 53.0 Å². The fourth-order valence-electron chi connectivity index (χ4n) is 6.74. The molecular formula is C30H31BrClN3O4. The van der Waals surface area contributed by atoms with Crippen LogP contribution in [0, 0.1) is 11.8 Å². The Morgan fingerprint density at radius 2 is 1.79 bits per heavy atom. The number of anilines is 1. The molecule has 0 aromatic heterocycles. The molecule has 1 aliphatic carbocycles. The molecule has 3 amide bonds. The molecule has 2 aromatic rings. The fraction of sp³-hybridized carbons (Fsp3) is 0.433. The first-order chi connectivity index (χ1) is 18.9. The Balaban J connectivity index is 1.29. The minimum absolute atomic E-state index is 0.0845. The van der Waals surface area contributed by atoms with Gasteiger partial charge in [0.2, 0.25) is 17.7 Å². The van der Waals surface area contributed by atoms with Crippen molar-refractivity contribution in [2.45, 2.75) is 62.3 Å². The molecular weight excluding hydrogens is 582 g/mol. The Bertz CT molecular complexity index is 1310. The number of ether oxygens (including phenoxy) is 1. The molecule has 3 heterocycles. The Labute approximate surface area is 241 Å². The summed E-state index contributed by atoms with van der Waals surface area (Å²) >= 11 is 9.82. The number of likely N-dealkylation sites (tertiary alicyclic amines) is 1. The number of nitrogens with one attached hydrogen (secondary N) is 2.